The van der Waals surface area contributed by atoms with Crippen LogP contribution in [-0.4, -0.2) is 16.0 Å². The average molecular weight is 437 g/mol. The predicted octanol–water partition coefficient (Wildman–Crippen LogP) is 6.32. The highest BCUT2D eigenvalue weighted by molar-refractivity contribution is 6.05. The monoisotopic (exact) mass is 437 g/mol. The number of hydrogen-bond acceptors (Lipinski definition) is 5. The molecule has 0 amide bonds. The van der Waals surface area contributed by atoms with Gasteiger partial charge in [0, 0.05) is 28.6 Å². The van der Waals surface area contributed by atoms with Gasteiger partial charge >= 0.3 is 0 Å². The van der Waals surface area contributed by atoms with E-state index in [2.05, 4.69) is 47.5 Å². The van der Waals surface area contributed by atoms with Gasteiger partial charge in [-0.3, -0.25) is 15.7 Å². The minimum atomic E-state index is 0.347. The molecule has 0 atom stereocenters. The standard InChI is InChI=1S/C27H23N3O3/c1-17-11-18(2)13-19(12-17)15-29-27(30-31)20-7-10-26(28-16-20)32-21-8-9-25-23(14-21)22-5-3-4-6-24(22)33-25/h3-14,16,31H,15H2,1-2H3,(H,29,30). The molecule has 0 aliphatic heterocycles. The molecule has 3 aromatic carbocycles. The lowest BCUT2D eigenvalue weighted by molar-refractivity contribution is 0.234. The zero-order chi connectivity index (χ0) is 22.8. The molecular weight excluding hydrogens is 414 g/mol. The Kier molecular flexibility index (Phi) is 5.50. The van der Waals surface area contributed by atoms with E-state index >= 15 is 0 Å². The largest absolute Gasteiger partial charge is 0.456 e. The fraction of sp³-hybridized carbons (Fsp3) is 0.111. The van der Waals surface area contributed by atoms with Gasteiger partial charge in [0.25, 0.3) is 0 Å². The van der Waals surface area contributed by atoms with Gasteiger partial charge in [0.15, 0.2) is 5.84 Å². The summed E-state index contributed by atoms with van der Waals surface area (Å²) in [6, 6.07) is 23.4. The number of aliphatic imine (C=N–C) groups is 1. The van der Waals surface area contributed by atoms with Crippen LogP contribution in [0.2, 0.25) is 0 Å². The third-order valence-corrected chi connectivity index (χ3v) is 5.39. The lowest BCUT2D eigenvalue weighted by Crippen LogP contribution is -2.20. The Bertz CT molecular complexity index is 1450. The Morgan fingerprint density at radius 2 is 1.73 bits per heavy atom. The van der Waals surface area contributed by atoms with Gasteiger partial charge in [0.05, 0.1) is 6.54 Å². The van der Waals surface area contributed by atoms with Gasteiger partial charge in [0.1, 0.15) is 16.9 Å². The van der Waals surface area contributed by atoms with Crippen LogP contribution in [-0.2, 0) is 6.54 Å². The SMILES string of the molecule is Cc1cc(C)cc(CN=C(NO)c2ccc(Oc3ccc4oc5ccccc5c4c3)nc2)c1. The van der Waals surface area contributed by atoms with Crippen molar-refractivity contribution in [3.8, 4) is 11.6 Å². The number of pyridine rings is 1. The van der Waals surface area contributed by atoms with E-state index in [4.69, 9.17) is 9.15 Å². The molecular formula is C27H23N3O3. The second kappa shape index (κ2) is 8.76. The maximum atomic E-state index is 9.59. The highest BCUT2D eigenvalue weighted by Crippen LogP contribution is 2.32. The summed E-state index contributed by atoms with van der Waals surface area (Å²) in [7, 11) is 0. The first kappa shape index (κ1) is 20.7. The number of nitrogens with zero attached hydrogens (tertiary/aromatic N) is 2. The van der Waals surface area contributed by atoms with Crippen LogP contribution in [0, 0.1) is 13.8 Å². The van der Waals surface area contributed by atoms with Crippen LogP contribution in [0.15, 0.2) is 88.4 Å². The molecule has 0 aliphatic carbocycles. The van der Waals surface area contributed by atoms with Crippen LogP contribution in [0.3, 0.4) is 0 Å². The number of hydrogen-bond donors (Lipinski definition) is 2. The minimum Gasteiger partial charge on any atom is -0.456 e. The number of furan rings is 1. The molecule has 0 aliphatic rings. The van der Waals surface area contributed by atoms with Crippen molar-refractivity contribution in [1.82, 2.24) is 10.5 Å². The van der Waals surface area contributed by atoms with Crippen molar-refractivity contribution in [2.45, 2.75) is 20.4 Å². The van der Waals surface area contributed by atoms with Crippen LogP contribution in [0.25, 0.3) is 21.9 Å². The quantitative estimate of drug-likeness (QED) is 0.191. The molecule has 164 valence electrons. The van der Waals surface area contributed by atoms with E-state index in [0.717, 1.165) is 27.5 Å². The van der Waals surface area contributed by atoms with Crippen LogP contribution >= 0.6 is 0 Å². The first-order chi connectivity index (χ1) is 16.1. The number of para-hydroxylation sites is 1. The van der Waals surface area contributed by atoms with E-state index < -0.39 is 0 Å². The Morgan fingerprint density at radius 3 is 2.48 bits per heavy atom. The molecule has 5 aromatic rings. The molecule has 0 unspecified atom stereocenters. The number of amidine groups is 1. The first-order valence-corrected chi connectivity index (χ1v) is 10.7. The van der Waals surface area contributed by atoms with Crippen LogP contribution in [0.4, 0.5) is 0 Å². The van der Waals surface area contributed by atoms with Gasteiger partial charge in [-0.15, -0.1) is 0 Å². The molecule has 0 spiro atoms. The number of aryl methyl sites for hydroxylation is 2. The van der Waals surface area contributed by atoms with E-state index in [-0.39, 0.29) is 0 Å². The van der Waals surface area contributed by atoms with E-state index in [1.165, 1.54) is 11.1 Å². The molecule has 2 aromatic heterocycles. The van der Waals surface area contributed by atoms with Crippen molar-refractivity contribution in [1.29, 1.82) is 0 Å². The number of benzene rings is 3. The third kappa shape index (κ3) is 4.42. The van der Waals surface area contributed by atoms with Gasteiger partial charge < -0.3 is 9.15 Å². The maximum Gasteiger partial charge on any atom is 0.219 e. The van der Waals surface area contributed by atoms with Crippen molar-refractivity contribution in [3.63, 3.8) is 0 Å². The molecule has 2 heterocycles. The number of aromatic nitrogens is 1. The van der Waals surface area contributed by atoms with E-state index in [1.54, 1.807) is 18.3 Å². The molecule has 6 heteroatoms. The van der Waals surface area contributed by atoms with Gasteiger partial charge in [-0.2, -0.15) is 0 Å². The normalized spacial score (nSPS) is 11.8. The molecule has 0 radical (unpaired) electrons. The average Bonchev–Trinajstić information content (AvgIpc) is 3.18. The molecule has 2 N–H and O–H groups in total. The van der Waals surface area contributed by atoms with E-state index in [0.29, 0.717) is 29.6 Å². The zero-order valence-electron chi connectivity index (χ0n) is 18.4. The van der Waals surface area contributed by atoms with Crippen LogP contribution in [0.5, 0.6) is 11.6 Å². The van der Waals surface area contributed by atoms with Crippen molar-refractivity contribution >= 4 is 27.8 Å². The van der Waals surface area contributed by atoms with Gasteiger partial charge in [0.2, 0.25) is 5.88 Å². The predicted molar refractivity (Wildman–Crippen MR) is 129 cm³/mol. The summed E-state index contributed by atoms with van der Waals surface area (Å²) in [6.07, 6.45) is 1.62. The van der Waals surface area contributed by atoms with Gasteiger partial charge in [-0.05, 0) is 49.7 Å². The van der Waals surface area contributed by atoms with Crippen molar-refractivity contribution in [2.75, 3.05) is 0 Å². The number of hydroxylamine groups is 1. The van der Waals surface area contributed by atoms with E-state index in [9.17, 15) is 5.21 Å². The summed E-state index contributed by atoms with van der Waals surface area (Å²) in [5.41, 5.74) is 7.94. The molecule has 6 nitrogen and oxygen atoms in total. The van der Waals surface area contributed by atoms with Crippen molar-refractivity contribution in [3.05, 3.63) is 101 Å². The molecule has 0 fully saturated rings. The number of rotatable bonds is 5. The zero-order valence-corrected chi connectivity index (χ0v) is 18.4. The molecule has 5 rings (SSSR count). The Labute approximate surface area is 191 Å². The summed E-state index contributed by atoms with van der Waals surface area (Å²) in [6.45, 7) is 4.56. The number of nitrogens with one attached hydrogen (secondary N) is 1. The summed E-state index contributed by atoms with van der Waals surface area (Å²) < 4.78 is 11.8. The topological polar surface area (TPSA) is 79.9 Å². The molecule has 0 saturated carbocycles. The van der Waals surface area contributed by atoms with Crippen LogP contribution in [0.1, 0.15) is 22.3 Å². The van der Waals surface area contributed by atoms with Crippen LogP contribution < -0.4 is 10.2 Å². The summed E-state index contributed by atoms with van der Waals surface area (Å²) in [4.78, 5) is 8.88. The van der Waals surface area contributed by atoms with E-state index in [1.807, 2.05) is 42.5 Å². The number of ether oxygens (including phenoxy) is 1. The second-order valence-corrected chi connectivity index (χ2v) is 8.02. The lowest BCUT2D eigenvalue weighted by Gasteiger charge is -2.08. The summed E-state index contributed by atoms with van der Waals surface area (Å²) in [5, 5.41) is 11.6. The first-order valence-electron chi connectivity index (χ1n) is 10.7. The highest BCUT2D eigenvalue weighted by atomic mass is 16.5. The van der Waals surface area contributed by atoms with Crippen molar-refractivity contribution in [2.24, 2.45) is 4.99 Å². The molecule has 0 saturated heterocycles. The Morgan fingerprint density at radius 1 is 0.939 bits per heavy atom. The fourth-order valence-electron chi connectivity index (χ4n) is 3.99. The second-order valence-electron chi connectivity index (χ2n) is 8.02. The minimum absolute atomic E-state index is 0.347. The summed E-state index contributed by atoms with van der Waals surface area (Å²) in [5.74, 6) is 1.45. The third-order valence-electron chi connectivity index (χ3n) is 5.39. The lowest BCUT2D eigenvalue weighted by atomic mass is 10.1. The summed E-state index contributed by atoms with van der Waals surface area (Å²) >= 11 is 0. The Balaban J connectivity index is 1.34. The Hall–Kier alpha value is -4.16. The van der Waals surface area contributed by atoms with Gasteiger partial charge in [-0.1, -0.05) is 47.5 Å². The maximum absolute atomic E-state index is 9.59. The molecule has 33 heavy (non-hydrogen) atoms. The van der Waals surface area contributed by atoms with Crippen molar-refractivity contribution < 1.29 is 14.4 Å². The van der Waals surface area contributed by atoms with Gasteiger partial charge in [-0.25, -0.2) is 4.98 Å². The number of fused-ring (bicyclic) bond motifs is 3. The fourth-order valence-corrected chi connectivity index (χ4v) is 3.99. The smallest absolute Gasteiger partial charge is 0.219 e. The highest BCUT2D eigenvalue weighted by Gasteiger charge is 2.09. The molecule has 0 bridgehead atoms.